The van der Waals surface area contributed by atoms with E-state index in [9.17, 15) is 0 Å². The molecule has 1 aromatic carbocycles. The van der Waals surface area contributed by atoms with E-state index in [1.807, 2.05) is 43.3 Å². The third-order valence-electron chi connectivity index (χ3n) is 2.74. The zero-order valence-electron chi connectivity index (χ0n) is 10.5. The summed E-state index contributed by atoms with van der Waals surface area (Å²) in [4.78, 5) is 4.38. The molecule has 2 aromatic rings. The molecule has 0 aliphatic carbocycles. The Hall–Kier alpha value is -1.93. The molecular weight excluding hydrogens is 222 g/mol. The van der Waals surface area contributed by atoms with Gasteiger partial charge in [-0.2, -0.15) is 0 Å². The van der Waals surface area contributed by atoms with Crippen LogP contribution in [0.5, 0.6) is 0 Å². The molecule has 0 aliphatic heterocycles. The predicted molar refractivity (Wildman–Crippen MR) is 74.2 cm³/mol. The molecule has 0 amide bonds. The summed E-state index contributed by atoms with van der Waals surface area (Å²) < 4.78 is 5.82. The fourth-order valence-corrected chi connectivity index (χ4v) is 1.90. The Morgan fingerprint density at radius 2 is 2.17 bits per heavy atom. The SMILES string of the molecule is C=Cc1cccc(C(OCC)c2ccccn2)c1. The van der Waals surface area contributed by atoms with Gasteiger partial charge in [0.25, 0.3) is 0 Å². The zero-order valence-corrected chi connectivity index (χ0v) is 10.5. The minimum absolute atomic E-state index is 0.115. The Kier molecular flexibility index (Phi) is 4.26. The highest BCUT2D eigenvalue weighted by Gasteiger charge is 2.15. The van der Waals surface area contributed by atoms with Gasteiger partial charge in [-0.3, -0.25) is 4.98 Å². The van der Waals surface area contributed by atoms with Gasteiger partial charge in [0.2, 0.25) is 0 Å². The molecule has 0 aliphatic rings. The first-order valence-corrected chi connectivity index (χ1v) is 6.10. The van der Waals surface area contributed by atoms with Crippen LogP contribution in [0.15, 0.2) is 55.2 Å². The summed E-state index contributed by atoms with van der Waals surface area (Å²) in [6.45, 7) is 6.44. The Labute approximate surface area is 108 Å². The van der Waals surface area contributed by atoms with Crippen LogP contribution in [0, 0.1) is 0 Å². The second kappa shape index (κ2) is 6.12. The molecule has 0 bridgehead atoms. The van der Waals surface area contributed by atoms with Crippen molar-refractivity contribution in [2.45, 2.75) is 13.0 Å². The topological polar surface area (TPSA) is 22.1 Å². The molecule has 0 spiro atoms. The van der Waals surface area contributed by atoms with E-state index in [2.05, 4.69) is 23.7 Å². The van der Waals surface area contributed by atoms with Crippen LogP contribution in [0.3, 0.4) is 0 Å². The largest absolute Gasteiger partial charge is 0.367 e. The summed E-state index contributed by atoms with van der Waals surface area (Å²) in [6.07, 6.45) is 3.51. The summed E-state index contributed by atoms with van der Waals surface area (Å²) in [6, 6.07) is 14.1. The molecular formula is C16H17NO. The third kappa shape index (κ3) is 2.84. The van der Waals surface area contributed by atoms with Crippen LogP contribution in [0.25, 0.3) is 6.08 Å². The molecule has 2 rings (SSSR count). The lowest BCUT2D eigenvalue weighted by atomic mass is 10.0. The molecule has 0 N–H and O–H groups in total. The van der Waals surface area contributed by atoms with Gasteiger partial charge in [0.15, 0.2) is 0 Å². The normalized spacial score (nSPS) is 12.1. The zero-order chi connectivity index (χ0) is 12.8. The second-order valence-corrected chi connectivity index (χ2v) is 3.96. The molecule has 0 radical (unpaired) electrons. The molecule has 0 saturated carbocycles. The second-order valence-electron chi connectivity index (χ2n) is 3.96. The Morgan fingerprint density at radius 3 is 2.83 bits per heavy atom. The summed E-state index contributed by atoms with van der Waals surface area (Å²) in [5.41, 5.74) is 3.13. The van der Waals surface area contributed by atoms with Crippen molar-refractivity contribution in [3.63, 3.8) is 0 Å². The number of ether oxygens (including phenoxy) is 1. The van der Waals surface area contributed by atoms with Crippen molar-refractivity contribution in [1.82, 2.24) is 4.98 Å². The van der Waals surface area contributed by atoms with Crippen molar-refractivity contribution in [3.8, 4) is 0 Å². The first-order chi connectivity index (χ1) is 8.85. The molecule has 0 saturated heterocycles. The van der Waals surface area contributed by atoms with Crippen molar-refractivity contribution >= 4 is 6.08 Å². The molecule has 2 nitrogen and oxygen atoms in total. The van der Waals surface area contributed by atoms with Crippen molar-refractivity contribution in [3.05, 3.63) is 72.1 Å². The summed E-state index contributed by atoms with van der Waals surface area (Å²) >= 11 is 0. The molecule has 18 heavy (non-hydrogen) atoms. The van der Waals surface area contributed by atoms with Gasteiger partial charge >= 0.3 is 0 Å². The van der Waals surface area contributed by atoms with Gasteiger partial charge in [-0.1, -0.05) is 36.9 Å². The van der Waals surface area contributed by atoms with Gasteiger partial charge in [0.05, 0.1) is 5.69 Å². The van der Waals surface area contributed by atoms with Gasteiger partial charge in [-0.25, -0.2) is 0 Å². The van der Waals surface area contributed by atoms with Crippen molar-refractivity contribution in [1.29, 1.82) is 0 Å². The molecule has 92 valence electrons. The highest BCUT2D eigenvalue weighted by molar-refractivity contribution is 5.48. The van der Waals surface area contributed by atoms with Crippen LogP contribution >= 0.6 is 0 Å². The number of hydrogen-bond acceptors (Lipinski definition) is 2. The van der Waals surface area contributed by atoms with Crippen molar-refractivity contribution in [2.24, 2.45) is 0 Å². The van der Waals surface area contributed by atoms with E-state index in [0.29, 0.717) is 6.61 Å². The molecule has 1 aromatic heterocycles. The van der Waals surface area contributed by atoms with E-state index in [1.54, 1.807) is 6.20 Å². The van der Waals surface area contributed by atoms with Crippen LogP contribution in [0.4, 0.5) is 0 Å². The molecule has 1 heterocycles. The highest BCUT2D eigenvalue weighted by Crippen LogP contribution is 2.25. The Bertz CT molecular complexity index is 508. The lowest BCUT2D eigenvalue weighted by molar-refractivity contribution is 0.0884. The van der Waals surface area contributed by atoms with Crippen LogP contribution in [-0.4, -0.2) is 11.6 Å². The van der Waals surface area contributed by atoms with Crippen molar-refractivity contribution in [2.75, 3.05) is 6.61 Å². The monoisotopic (exact) mass is 239 g/mol. The van der Waals surface area contributed by atoms with E-state index in [-0.39, 0.29) is 6.10 Å². The number of nitrogens with zero attached hydrogens (tertiary/aromatic N) is 1. The van der Waals surface area contributed by atoms with Crippen LogP contribution in [0.1, 0.15) is 29.8 Å². The van der Waals surface area contributed by atoms with E-state index in [1.165, 1.54) is 0 Å². The number of aromatic nitrogens is 1. The molecule has 2 heteroatoms. The first kappa shape index (κ1) is 12.5. The Balaban J connectivity index is 2.38. The summed E-state index contributed by atoms with van der Waals surface area (Å²) in [5.74, 6) is 0. The van der Waals surface area contributed by atoms with Gasteiger partial charge in [-0.05, 0) is 36.2 Å². The van der Waals surface area contributed by atoms with Crippen LogP contribution < -0.4 is 0 Å². The third-order valence-corrected chi connectivity index (χ3v) is 2.74. The average Bonchev–Trinajstić information content (AvgIpc) is 2.46. The van der Waals surface area contributed by atoms with Crippen LogP contribution in [-0.2, 0) is 4.74 Å². The van der Waals surface area contributed by atoms with Crippen molar-refractivity contribution < 1.29 is 4.74 Å². The van der Waals surface area contributed by atoms with Gasteiger partial charge in [0, 0.05) is 12.8 Å². The maximum absolute atomic E-state index is 5.82. The fourth-order valence-electron chi connectivity index (χ4n) is 1.90. The van der Waals surface area contributed by atoms with E-state index < -0.39 is 0 Å². The van der Waals surface area contributed by atoms with E-state index in [0.717, 1.165) is 16.8 Å². The van der Waals surface area contributed by atoms with Gasteiger partial charge in [-0.15, -0.1) is 0 Å². The molecule has 1 unspecified atom stereocenters. The van der Waals surface area contributed by atoms with E-state index in [4.69, 9.17) is 4.74 Å². The lowest BCUT2D eigenvalue weighted by Crippen LogP contribution is -2.08. The first-order valence-electron chi connectivity index (χ1n) is 6.10. The van der Waals surface area contributed by atoms with Crippen LogP contribution in [0.2, 0.25) is 0 Å². The maximum atomic E-state index is 5.82. The summed E-state index contributed by atoms with van der Waals surface area (Å²) in [5, 5.41) is 0. The maximum Gasteiger partial charge on any atom is 0.124 e. The number of rotatable bonds is 5. The van der Waals surface area contributed by atoms with E-state index >= 15 is 0 Å². The average molecular weight is 239 g/mol. The highest BCUT2D eigenvalue weighted by atomic mass is 16.5. The molecule has 1 atom stereocenters. The quantitative estimate of drug-likeness (QED) is 0.790. The van der Waals surface area contributed by atoms with Gasteiger partial charge < -0.3 is 4.74 Å². The number of pyridine rings is 1. The number of hydrogen-bond donors (Lipinski definition) is 0. The minimum Gasteiger partial charge on any atom is -0.367 e. The standard InChI is InChI=1S/C16H17NO/c1-3-13-8-7-9-14(12-13)16(18-4-2)15-10-5-6-11-17-15/h3,5-12,16H,1,4H2,2H3. The minimum atomic E-state index is -0.115. The summed E-state index contributed by atoms with van der Waals surface area (Å²) in [7, 11) is 0. The smallest absolute Gasteiger partial charge is 0.124 e. The molecule has 0 fully saturated rings. The van der Waals surface area contributed by atoms with Gasteiger partial charge in [0.1, 0.15) is 6.10 Å². The number of benzene rings is 1. The predicted octanol–water partition coefficient (Wildman–Crippen LogP) is 3.85. The Morgan fingerprint density at radius 1 is 1.28 bits per heavy atom. The fraction of sp³-hybridized carbons (Fsp3) is 0.188. The lowest BCUT2D eigenvalue weighted by Gasteiger charge is -2.17.